The molecule has 1 N–H and O–H groups in total. The highest BCUT2D eigenvalue weighted by Gasteiger charge is 2.14. The molecule has 11 heavy (non-hydrogen) atoms. The summed E-state index contributed by atoms with van der Waals surface area (Å²) in [7, 11) is 0. The molecule has 60 valence electrons. The van der Waals surface area contributed by atoms with Gasteiger partial charge in [-0.2, -0.15) is 0 Å². The maximum atomic E-state index is 7.62. The Hall–Kier alpha value is -0.850. The molecule has 0 atom stereocenters. The molecule has 0 amide bonds. The average molecular weight is 149 g/mol. The summed E-state index contributed by atoms with van der Waals surface area (Å²) in [5.74, 6) is 0. The molecule has 0 radical (unpaired) electrons. The van der Waals surface area contributed by atoms with E-state index in [9.17, 15) is 0 Å². The first-order chi connectivity index (χ1) is 5.25. The second-order valence-electron chi connectivity index (χ2n) is 2.99. The van der Waals surface area contributed by atoms with Crippen LogP contribution in [0.1, 0.15) is 33.1 Å². The number of rotatable bonds is 1. The van der Waals surface area contributed by atoms with E-state index in [0.717, 1.165) is 18.6 Å². The number of hydrogen-bond donors (Lipinski definition) is 1. The van der Waals surface area contributed by atoms with E-state index in [0.29, 0.717) is 0 Å². The third-order valence-corrected chi connectivity index (χ3v) is 2.11. The van der Waals surface area contributed by atoms with Crippen molar-refractivity contribution in [2.24, 2.45) is 0 Å². The van der Waals surface area contributed by atoms with Crippen LogP contribution < -0.4 is 0 Å². The van der Waals surface area contributed by atoms with Gasteiger partial charge in [0.15, 0.2) is 0 Å². The van der Waals surface area contributed by atoms with Gasteiger partial charge in [0, 0.05) is 5.71 Å². The molecule has 1 fully saturated rings. The van der Waals surface area contributed by atoms with E-state index in [1.165, 1.54) is 17.6 Å². The standard InChI is InChI=1S/C10H15N/c1-3-5-8(2)9-6-4-7-10(9)11/h3,5,11H,4,6-7H2,1-2H3/b5-3-,9-8-,11-10?. The minimum atomic E-state index is 0.848. The van der Waals surface area contributed by atoms with Crippen molar-refractivity contribution in [2.45, 2.75) is 33.1 Å². The highest BCUT2D eigenvalue weighted by Crippen LogP contribution is 2.24. The molecular formula is C10H15N. The van der Waals surface area contributed by atoms with Gasteiger partial charge in [0.1, 0.15) is 0 Å². The van der Waals surface area contributed by atoms with Crippen LogP contribution in [0.2, 0.25) is 0 Å². The Morgan fingerprint density at radius 3 is 2.64 bits per heavy atom. The Labute approximate surface area is 68.3 Å². The van der Waals surface area contributed by atoms with Crippen molar-refractivity contribution in [1.82, 2.24) is 0 Å². The molecule has 1 nitrogen and oxygen atoms in total. The molecule has 0 saturated heterocycles. The number of allylic oxidation sites excluding steroid dienone is 4. The van der Waals surface area contributed by atoms with Crippen molar-refractivity contribution in [3.63, 3.8) is 0 Å². The molecule has 0 unspecified atom stereocenters. The van der Waals surface area contributed by atoms with Crippen molar-refractivity contribution in [3.05, 3.63) is 23.3 Å². The topological polar surface area (TPSA) is 23.9 Å². The molecule has 0 aromatic carbocycles. The summed E-state index contributed by atoms with van der Waals surface area (Å²) in [6.45, 7) is 4.11. The fraction of sp³-hybridized carbons (Fsp3) is 0.500. The zero-order valence-corrected chi connectivity index (χ0v) is 7.28. The zero-order valence-electron chi connectivity index (χ0n) is 7.28. The molecule has 0 spiro atoms. The zero-order chi connectivity index (χ0) is 8.27. The lowest BCUT2D eigenvalue weighted by molar-refractivity contribution is 0.941. The quantitative estimate of drug-likeness (QED) is 0.592. The average Bonchev–Trinajstić information content (AvgIpc) is 2.36. The minimum absolute atomic E-state index is 0.848. The van der Waals surface area contributed by atoms with Gasteiger partial charge in [0.2, 0.25) is 0 Å². The van der Waals surface area contributed by atoms with Gasteiger partial charge in [-0.3, -0.25) is 0 Å². The van der Waals surface area contributed by atoms with E-state index in [2.05, 4.69) is 13.0 Å². The lowest BCUT2D eigenvalue weighted by Crippen LogP contribution is -1.92. The third-order valence-electron chi connectivity index (χ3n) is 2.11. The summed E-state index contributed by atoms with van der Waals surface area (Å²) in [5, 5.41) is 7.62. The normalized spacial score (nSPS) is 23.3. The van der Waals surface area contributed by atoms with Crippen LogP contribution in [0.5, 0.6) is 0 Å². The Morgan fingerprint density at radius 2 is 2.18 bits per heavy atom. The van der Waals surface area contributed by atoms with E-state index in [1.54, 1.807) is 0 Å². The van der Waals surface area contributed by atoms with Gasteiger partial charge >= 0.3 is 0 Å². The van der Waals surface area contributed by atoms with Gasteiger partial charge in [-0.25, -0.2) is 0 Å². The molecule has 0 heterocycles. The molecule has 1 rings (SSSR count). The summed E-state index contributed by atoms with van der Waals surface area (Å²) < 4.78 is 0. The van der Waals surface area contributed by atoms with E-state index in [-0.39, 0.29) is 0 Å². The van der Waals surface area contributed by atoms with Crippen molar-refractivity contribution >= 4 is 5.71 Å². The first-order valence-corrected chi connectivity index (χ1v) is 4.16. The monoisotopic (exact) mass is 149 g/mol. The Morgan fingerprint density at radius 1 is 1.45 bits per heavy atom. The lowest BCUT2D eigenvalue weighted by atomic mass is 10.1. The van der Waals surface area contributed by atoms with Gasteiger partial charge in [-0.15, -0.1) is 0 Å². The van der Waals surface area contributed by atoms with Gasteiger partial charge in [-0.05, 0) is 44.3 Å². The van der Waals surface area contributed by atoms with Crippen LogP contribution in [0, 0.1) is 5.41 Å². The number of nitrogens with one attached hydrogen (secondary N) is 1. The first-order valence-electron chi connectivity index (χ1n) is 4.16. The Balaban J connectivity index is 2.85. The maximum Gasteiger partial charge on any atom is 0.0348 e. The number of hydrogen-bond acceptors (Lipinski definition) is 1. The maximum absolute atomic E-state index is 7.62. The highest BCUT2D eigenvalue weighted by atomic mass is 14.4. The molecular weight excluding hydrogens is 134 g/mol. The fourth-order valence-electron chi connectivity index (χ4n) is 1.53. The highest BCUT2D eigenvalue weighted by molar-refractivity contribution is 6.00. The fourth-order valence-corrected chi connectivity index (χ4v) is 1.53. The Kier molecular flexibility index (Phi) is 2.64. The molecule has 0 aliphatic heterocycles. The Bertz CT molecular complexity index is 221. The van der Waals surface area contributed by atoms with E-state index in [4.69, 9.17) is 5.41 Å². The van der Waals surface area contributed by atoms with Gasteiger partial charge in [-0.1, -0.05) is 12.2 Å². The molecule has 1 aliphatic rings. The van der Waals surface area contributed by atoms with Crippen LogP contribution in [0.4, 0.5) is 0 Å². The lowest BCUT2D eigenvalue weighted by Gasteiger charge is -1.99. The summed E-state index contributed by atoms with van der Waals surface area (Å²) in [4.78, 5) is 0. The van der Waals surface area contributed by atoms with E-state index >= 15 is 0 Å². The predicted octanol–water partition coefficient (Wildman–Crippen LogP) is 3.08. The SMILES string of the molecule is C/C=C\C(C)=C1\CCCC1=N. The van der Waals surface area contributed by atoms with Crippen molar-refractivity contribution < 1.29 is 0 Å². The summed E-state index contributed by atoms with van der Waals surface area (Å²) in [5.41, 5.74) is 3.39. The predicted molar refractivity (Wildman–Crippen MR) is 49.1 cm³/mol. The van der Waals surface area contributed by atoms with Gasteiger partial charge in [0.05, 0.1) is 0 Å². The van der Waals surface area contributed by atoms with Crippen molar-refractivity contribution in [2.75, 3.05) is 0 Å². The molecule has 0 aromatic rings. The van der Waals surface area contributed by atoms with Gasteiger partial charge < -0.3 is 5.41 Å². The molecule has 1 saturated carbocycles. The summed E-state index contributed by atoms with van der Waals surface area (Å²) in [6, 6.07) is 0. The van der Waals surface area contributed by atoms with Crippen molar-refractivity contribution in [1.29, 1.82) is 5.41 Å². The minimum Gasteiger partial charge on any atom is -0.305 e. The second-order valence-corrected chi connectivity index (χ2v) is 2.99. The van der Waals surface area contributed by atoms with Crippen molar-refractivity contribution in [3.8, 4) is 0 Å². The van der Waals surface area contributed by atoms with E-state index in [1.807, 2.05) is 13.0 Å². The smallest absolute Gasteiger partial charge is 0.0348 e. The van der Waals surface area contributed by atoms with Crippen LogP contribution >= 0.6 is 0 Å². The van der Waals surface area contributed by atoms with E-state index < -0.39 is 0 Å². The molecule has 1 heteroatoms. The molecule has 0 aromatic heterocycles. The van der Waals surface area contributed by atoms with Crippen LogP contribution in [-0.4, -0.2) is 5.71 Å². The second kappa shape index (κ2) is 3.51. The van der Waals surface area contributed by atoms with Crippen LogP contribution in [0.3, 0.4) is 0 Å². The van der Waals surface area contributed by atoms with Gasteiger partial charge in [0.25, 0.3) is 0 Å². The van der Waals surface area contributed by atoms with Crippen LogP contribution in [0.15, 0.2) is 23.3 Å². The van der Waals surface area contributed by atoms with Crippen LogP contribution in [0.25, 0.3) is 0 Å². The van der Waals surface area contributed by atoms with Crippen LogP contribution in [-0.2, 0) is 0 Å². The third kappa shape index (κ3) is 1.79. The summed E-state index contributed by atoms with van der Waals surface area (Å²) >= 11 is 0. The largest absolute Gasteiger partial charge is 0.305 e. The summed E-state index contributed by atoms with van der Waals surface area (Å²) in [6.07, 6.45) is 7.38. The molecule has 1 aliphatic carbocycles. The molecule has 0 bridgehead atoms. The first kappa shape index (κ1) is 8.25.